The fourth-order valence-corrected chi connectivity index (χ4v) is 2.86. The van der Waals surface area contributed by atoms with Crippen molar-refractivity contribution >= 4 is 29.2 Å². The molecule has 0 saturated heterocycles. The van der Waals surface area contributed by atoms with Crippen LogP contribution in [0.15, 0.2) is 78.9 Å². The predicted octanol–water partition coefficient (Wildman–Crippen LogP) is 4.69. The Morgan fingerprint density at radius 3 is 1.94 bits per heavy atom. The molecule has 2 amide bonds. The van der Waals surface area contributed by atoms with Gasteiger partial charge in [-0.3, -0.25) is 9.59 Å². The summed E-state index contributed by atoms with van der Waals surface area (Å²) in [5, 5.41) is 5.61. The van der Waals surface area contributed by atoms with Gasteiger partial charge in [-0.25, -0.2) is 4.79 Å². The molecule has 3 rings (SSSR count). The molecule has 0 aromatic heterocycles. The second-order valence-electron chi connectivity index (χ2n) is 6.96. The molecule has 6 nitrogen and oxygen atoms in total. The van der Waals surface area contributed by atoms with Crippen molar-refractivity contribution in [3.05, 3.63) is 95.6 Å². The van der Waals surface area contributed by atoms with Crippen LogP contribution in [0.3, 0.4) is 0 Å². The van der Waals surface area contributed by atoms with E-state index in [0.717, 1.165) is 12.0 Å². The van der Waals surface area contributed by atoms with E-state index in [4.69, 9.17) is 4.74 Å². The number of anilines is 2. The molecule has 6 heteroatoms. The van der Waals surface area contributed by atoms with Crippen LogP contribution in [-0.4, -0.2) is 24.4 Å². The summed E-state index contributed by atoms with van der Waals surface area (Å²) < 4.78 is 5.08. The van der Waals surface area contributed by atoms with Gasteiger partial charge in [0, 0.05) is 16.9 Å². The van der Waals surface area contributed by atoms with Crippen LogP contribution in [0.2, 0.25) is 0 Å². The van der Waals surface area contributed by atoms with E-state index in [2.05, 4.69) is 10.6 Å². The molecular weight excluding hydrogens is 392 g/mol. The normalized spacial score (nSPS) is 10.2. The lowest BCUT2D eigenvalue weighted by molar-refractivity contribution is -0.115. The number of rotatable bonds is 8. The maximum absolute atomic E-state index is 12.5. The number of hydrogen-bond donors (Lipinski definition) is 2. The maximum Gasteiger partial charge on any atom is 0.338 e. The highest BCUT2D eigenvalue weighted by atomic mass is 16.5. The van der Waals surface area contributed by atoms with Gasteiger partial charge < -0.3 is 15.4 Å². The summed E-state index contributed by atoms with van der Waals surface area (Å²) in [4.78, 5) is 36.4. The summed E-state index contributed by atoms with van der Waals surface area (Å²) in [5.74, 6) is -0.797. The Bertz CT molecular complexity index is 1030. The van der Waals surface area contributed by atoms with Gasteiger partial charge in [0.25, 0.3) is 5.91 Å². The summed E-state index contributed by atoms with van der Waals surface area (Å²) in [6.07, 6.45) is 1.04. The molecule has 0 fully saturated rings. The molecule has 0 atom stereocenters. The Morgan fingerprint density at radius 2 is 1.32 bits per heavy atom. The van der Waals surface area contributed by atoms with Gasteiger partial charge in [0.15, 0.2) is 0 Å². The van der Waals surface area contributed by atoms with Crippen molar-refractivity contribution < 1.29 is 19.1 Å². The van der Waals surface area contributed by atoms with Crippen LogP contribution >= 0.6 is 0 Å². The molecule has 0 radical (unpaired) electrons. The Hall–Kier alpha value is -3.93. The van der Waals surface area contributed by atoms with Crippen molar-refractivity contribution in [1.29, 1.82) is 0 Å². The first kappa shape index (κ1) is 21.8. The van der Waals surface area contributed by atoms with Gasteiger partial charge in [0.1, 0.15) is 0 Å². The minimum Gasteiger partial charge on any atom is -0.462 e. The average Bonchev–Trinajstić information content (AvgIpc) is 2.79. The van der Waals surface area contributed by atoms with E-state index in [1.165, 1.54) is 0 Å². The van der Waals surface area contributed by atoms with Gasteiger partial charge in [0.2, 0.25) is 5.91 Å². The zero-order valence-corrected chi connectivity index (χ0v) is 17.3. The van der Waals surface area contributed by atoms with Gasteiger partial charge >= 0.3 is 5.97 Å². The van der Waals surface area contributed by atoms with Crippen LogP contribution < -0.4 is 10.6 Å². The minimum atomic E-state index is -0.385. The number of esters is 1. The number of ether oxygens (including phenoxy) is 1. The lowest BCUT2D eigenvalue weighted by Gasteiger charge is -2.09. The van der Waals surface area contributed by atoms with Crippen LogP contribution in [0.4, 0.5) is 11.4 Å². The van der Waals surface area contributed by atoms with Crippen LogP contribution in [0.1, 0.15) is 39.6 Å². The molecule has 0 heterocycles. The first-order chi connectivity index (χ1) is 15.0. The van der Waals surface area contributed by atoms with E-state index < -0.39 is 0 Å². The lowest BCUT2D eigenvalue weighted by Crippen LogP contribution is -2.15. The summed E-state index contributed by atoms with van der Waals surface area (Å²) >= 11 is 0. The minimum absolute atomic E-state index is 0.124. The van der Waals surface area contributed by atoms with Crippen molar-refractivity contribution in [1.82, 2.24) is 0 Å². The number of nitrogens with one attached hydrogen (secondary N) is 2. The highest BCUT2D eigenvalue weighted by molar-refractivity contribution is 6.05. The Morgan fingerprint density at radius 1 is 0.742 bits per heavy atom. The standard InChI is InChI=1S/C25H24N2O4/c1-2-16-31-25(30)20-10-14-22(15-11-20)27-24(29)19-8-12-21(13-9-19)26-23(28)17-18-6-4-3-5-7-18/h3-15H,2,16-17H2,1H3,(H,26,28)(H,27,29). The zero-order valence-electron chi connectivity index (χ0n) is 17.3. The number of carbonyl (C=O) groups is 3. The fraction of sp³-hybridized carbons (Fsp3) is 0.160. The molecule has 3 aromatic carbocycles. The first-order valence-electron chi connectivity index (χ1n) is 10.1. The van der Waals surface area contributed by atoms with Crippen LogP contribution in [-0.2, 0) is 16.0 Å². The number of benzene rings is 3. The van der Waals surface area contributed by atoms with E-state index in [1.807, 2.05) is 37.3 Å². The lowest BCUT2D eigenvalue weighted by atomic mass is 10.1. The summed E-state index contributed by atoms with van der Waals surface area (Å²) in [7, 11) is 0. The largest absolute Gasteiger partial charge is 0.462 e. The molecule has 0 aliphatic heterocycles. The molecule has 0 saturated carbocycles. The summed E-state index contributed by atoms with van der Waals surface area (Å²) in [5.41, 5.74) is 3.00. The van der Waals surface area contributed by atoms with Gasteiger partial charge in [-0.2, -0.15) is 0 Å². The van der Waals surface area contributed by atoms with Crippen LogP contribution in [0.25, 0.3) is 0 Å². The van der Waals surface area contributed by atoms with Crippen molar-refractivity contribution in [2.75, 3.05) is 17.2 Å². The van der Waals surface area contributed by atoms with Gasteiger partial charge in [-0.1, -0.05) is 37.3 Å². The number of carbonyl (C=O) groups excluding carboxylic acids is 3. The highest BCUT2D eigenvalue weighted by Gasteiger charge is 2.10. The third-order valence-electron chi connectivity index (χ3n) is 4.45. The SMILES string of the molecule is CCCOC(=O)c1ccc(NC(=O)c2ccc(NC(=O)Cc3ccccc3)cc2)cc1. The fourth-order valence-electron chi connectivity index (χ4n) is 2.86. The quantitative estimate of drug-likeness (QED) is 0.522. The third-order valence-corrected chi connectivity index (χ3v) is 4.45. The van der Waals surface area contributed by atoms with Gasteiger partial charge in [-0.05, 0) is 60.5 Å². The molecule has 0 aliphatic carbocycles. The van der Waals surface area contributed by atoms with E-state index in [1.54, 1.807) is 48.5 Å². The smallest absolute Gasteiger partial charge is 0.338 e. The molecule has 0 aliphatic rings. The number of hydrogen-bond acceptors (Lipinski definition) is 4. The molecule has 2 N–H and O–H groups in total. The molecule has 0 unspecified atom stereocenters. The van der Waals surface area contributed by atoms with Gasteiger partial charge in [0.05, 0.1) is 18.6 Å². The molecule has 3 aromatic rings. The molecule has 0 bridgehead atoms. The van der Waals surface area contributed by atoms with Crippen molar-refractivity contribution in [3.8, 4) is 0 Å². The maximum atomic E-state index is 12.5. The van der Waals surface area contributed by atoms with Crippen LogP contribution in [0, 0.1) is 0 Å². The van der Waals surface area contributed by atoms with E-state index in [-0.39, 0.29) is 24.2 Å². The number of amides is 2. The molecular formula is C25H24N2O4. The second kappa shape index (κ2) is 10.7. The topological polar surface area (TPSA) is 84.5 Å². The van der Waals surface area contributed by atoms with Gasteiger partial charge in [-0.15, -0.1) is 0 Å². The van der Waals surface area contributed by atoms with E-state index >= 15 is 0 Å². The van der Waals surface area contributed by atoms with Crippen molar-refractivity contribution in [3.63, 3.8) is 0 Å². The van der Waals surface area contributed by atoms with E-state index in [9.17, 15) is 14.4 Å². The predicted molar refractivity (Wildman–Crippen MR) is 120 cm³/mol. The highest BCUT2D eigenvalue weighted by Crippen LogP contribution is 2.15. The van der Waals surface area contributed by atoms with Crippen molar-refractivity contribution in [2.45, 2.75) is 19.8 Å². The summed E-state index contributed by atoms with van der Waals surface area (Å²) in [6.45, 7) is 2.30. The molecule has 31 heavy (non-hydrogen) atoms. The Kier molecular flexibility index (Phi) is 7.54. The molecule has 0 spiro atoms. The Balaban J connectivity index is 1.54. The monoisotopic (exact) mass is 416 g/mol. The third kappa shape index (κ3) is 6.54. The Labute approximate surface area is 181 Å². The van der Waals surface area contributed by atoms with E-state index in [0.29, 0.717) is 29.1 Å². The average molecular weight is 416 g/mol. The first-order valence-corrected chi connectivity index (χ1v) is 10.1. The molecule has 158 valence electrons. The summed E-state index contributed by atoms with van der Waals surface area (Å²) in [6, 6.07) is 22.7. The second-order valence-corrected chi connectivity index (χ2v) is 6.96. The zero-order chi connectivity index (χ0) is 22.1. The van der Waals surface area contributed by atoms with Crippen molar-refractivity contribution in [2.24, 2.45) is 0 Å². The van der Waals surface area contributed by atoms with Crippen LogP contribution in [0.5, 0.6) is 0 Å².